The second-order valence-electron chi connectivity index (χ2n) is 13.7. The van der Waals surface area contributed by atoms with Crippen LogP contribution >= 0.6 is 0 Å². The average Bonchev–Trinajstić information content (AvgIpc) is 3.54. The Morgan fingerprint density at radius 2 is 1.40 bits per heavy atom. The van der Waals surface area contributed by atoms with Gasteiger partial charge in [-0.1, -0.05) is 101 Å². The van der Waals surface area contributed by atoms with Crippen molar-refractivity contribution >= 4 is 23.5 Å². The zero-order valence-electron chi connectivity index (χ0n) is 27.3. The highest BCUT2D eigenvalue weighted by Gasteiger charge is 2.52. The van der Waals surface area contributed by atoms with Crippen molar-refractivity contribution in [3.05, 3.63) is 71.8 Å². The molecule has 1 saturated heterocycles. The highest BCUT2D eigenvalue weighted by Crippen LogP contribution is 2.39. The third-order valence-electron chi connectivity index (χ3n) is 9.37. The summed E-state index contributed by atoms with van der Waals surface area (Å²) < 4.78 is 0. The third kappa shape index (κ3) is 7.82. The molecule has 0 aromatic heterocycles. The number of likely N-dealkylation sites (tertiary alicyclic amines) is 1. The number of nitrogens with one attached hydrogen (secondary N) is 3. The first-order chi connectivity index (χ1) is 21.4. The fourth-order valence-corrected chi connectivity index (χ4v) is 6.81. The molecule has 4 rings (SSSR count). The summed E-state index contributed by atoms with van der Waals surface area (Å²) in [7, 11) is 1.70. The smallest absolute Gasteiger partial charge is 0.246 e. The van der Waals surface area contributed by atoms with Gasteiger partial charge < -0.3 is 26.0 Å². The first-order valence-corrected chi connectivity index (χ1v) is 16.4. The number of nitrogens with zero attached hydrogens (tertiary/aromatic N) is 1. The molecule has 0 unspecified atom stereocenters. The Morgan fingerprint density at radius 1 is 0.844 bits per heavy atom. The summed E-state index contributed by atoms with van der Waals surface area (Å²) in [6.45, 7) is 7.24. The summed E-state index contributed by atoms with van der Waals surface area (Å²) >= 11 is 0. The van der Waals surface area contributed by atoms with Crippen molar-refractivity contribution in [3.8, 4) is 0 Å². The first kappa shape index (κ1) is 34.3. The van der Waals surface area contributed by atoms with E-state index in [1.807, 2.05) is 60.7 Å². The molecule has 45 heavy (non-hydrogen) atoms. The molecule has 2 fully saturated rings. The van der Waals surface area contributed by atoms with Crippen LogP contribution in [0.1, 0.15) is 89.7 Å². The van der Waals surface area contributed by atoms with E-state index in [4.69, 9.17) is 0 Å². The minimum Gasteiger partial charge on any atom is -0.364 e. The van der Waals surface area contributed by atoms with Gasteiger partial charge >= 0.3 is 0 Å². The van der Waals surface area contributed by atoms with Gasteiger partial charge in [-0.2, -0.15) is 0 Å². The molecule has 0 spiro atoms. The lowest BCUT2D eigenvalue weighted by Gasteiger charge is -2.41. The van der Waals surface area contributed by atoms with E-state index < -0.39 is 46.9 Å². The van der Waals surface area contributed by atoms with Gasteiger partial charge in [0.05, 0.1) is 12.0 Å². The monoisotopic (exact) mass is 618 g/mol. The van der Waals surface area contributed by atoms with Crippen LogP contribution in [0.15, 0.2) is 60.7 Å². The Kier molecular flexibility index (Phi) is 11.2. The van der Waals surface area contributed by atoms with Gasteiger partial charge in [0.1, 0.15) is 12.1 Å². The Bertz CT molecular complexity index is 1280. The second-order valence-corrected chi connectivity index (χ2v) is 13.7. The molecule has 9 heteroatoms. The number of Topliss-reactive ketones (excluding diaryl/α,β-unsaturated/α-hetero) is 1. The molecule has 2 aromatic carbocycles. The lowest BCUT2D eigenvalue weighted by molar-refractivity contribution is -0.158. The molecule has 1 aliphatic heterocycles. The molecule has 0 radical (unpaired) electrons. The zero-order valence-corrected chi connectivity index (χ0v) is 27.3. The molecule has 3 amide bonds. The number of carbonyl (C=O) groups is 4. The maximum Gasteiger partial charge on any atom is 0.246 e. The number of carbonyl (C=O) groups excluding carboxylic acids is 4. The van der Waals surface area contributed by atoms with Gasteiger partial charge in [0.15, 0.2) is 5.78 Å². The standard InChI is InChI=1S/C36H50N4O5/c1-24(37-5)31(41)38-30(27-20-13-8-14-21-27)33(43)40-23-15-22-28(40)32(42)39-36(45,34(44)35(2,3)4)29(25-16-9-6-10-17-25)26-18-11-7-12-19-26/h6-7,9-12,16-19,24,27-30,37,45H,8,13-15,20-23H2,1-5H3,(H,38,41)(H,39,42)/t24-,28-,30-,36-/m0/s1. The average molecular weight is 619 g/mol. The van der Waals surface area contributed by atoms with Crippen LogP contribution in [0.3, 0.4) is 0 Å². The molecule has 2 aromatic rings. The number of hydrogen-bond donors (Lipinski definition) is 4. The predicted octanol–water partition coefficient (Wildman–Crippen LogP) is 3.90. The van der Waals surface area contributed by atoms with Crippen molar-refractivity contribution in [2.24, 2.45) is 11.3 Å². The van der Waals surface area contributed by atoms with E-state index in [0.717, 1.165) is 32.1 Å². The molecule has 0 bridgehead atoms. The van der Waals surface area contributed by atoms with Crippen LogP contribution in [0.4, 0.5) is 0 Å². The topological polar surface area (TPSA) is 128 Å². The third-order valence-corrected chi connectivity index (χ3v) is 9.37. The minimum atomic E-state index is -2.31. The molecule has 1 saturated carbocycles. The summed E-state index contributed by atoms with van der Waals surface area (Å²) in [6, 6.07) is 16.3. The number of ketones is 1. The zero-order chi connectivity index (χ0) is 32.8. The van der Waals surface area contributed by atoms with Crippen molar-refractivity contribution in [1.29, 1.82) is 0 Å². The number of likely N-dealkylation sites (N-methyl/N-ethyl adjacent to an activating group) is 1. The molecule has 1 heterocycles. The van der Waals surface area contributed by atoms with Crippen LogP contribution in [0.2, 0.25) is 0 Å². The van der Waals surface area contributed by atoms with Crippen LogP contribution in [-0.2, 0) is 19.2 Å². The molecule has 244 valence electrons. The van der Waals surface area contributed by atoms with Crippen LogP contribution < -0.4 is 16.0 Å². The van der Waals surface area contributed by atoms with Crippen LogP contribution in [-0.4, -0.2) is 71.0 Å². The highest BCUT2D eigenvalue weighted by molar-refractivity contribution is 5.99. The number of benzene rings is 2. The van der Waals surface area contributed by atoms with Crippen molar-refractivity contribution in [2.75, 3.05) is 13.6 Å². The number of amides is 3. The molecule has 2 aliphatic rings. The van der Waals surface area contributed by atoms with E-state index in [-0.39, 0.29) is 17.7 Å². The summed E-state index contributed by atoms with van der Waals surface area (Å²) in [5.74, 6) is -2.60. The molecular weight excluding hydrogens is 568 g/mol. The van der Waals surface area contributed by atoms with E-state index in [1.54, 1.807) is 39.6 Å². The van der Waals surface area contributed by atoms with Crippen molar-refractivity contribution in [1.82, 2.24) is 20.9 Å². The van der Waals surface area contributed by atoms with Crippen LogP contribution in [0.25, 0.3) is 0 Å². The lowest BCUT2D eigenvalue weighted by Crippen LogP contribution is -2.65. The van der Waals surface area contributed by atoms with E-state index in [1.165, 1.54) is 0 Å². The lowest BCUT2D eigenvalue weighted by atomic mass is 9.73. The molecule has 4 atom stereocenters. The fourth-order valence-electron chi connectivity index (χ4n) is 6.81. The van der Waals surface area contributed by atoms with Gasteiger partial charge in [-0.15, -0.1) is 0 Å². The normalized spacial score (nSPS) is 20.2. The van der Waals surface area contributed by atoms with Crippen molar-refractivity contribution in [3.63, 3.8) is 0 Å². The molecule has 9 nitrogen and oxygen atoms in total. The van der Waals surface area contributed by atoms with Crippen molar-refractivity contribution in [2.45, 2.75) is 102 Å². The maximum atomic E-state index is 14.2. The van der Waals surface area contributed by atoms with E-state index in [2.05, 4.69) is 16.0 Å². The van der Waals surface area contributed by atoms with Gasteiger partial charge in [0.2, 0.25) is 23.4 Å². The Labute approximate surface area is 267 Å². The quantitative estimate of drug-likeness (QED) is 0.283. The Morgan fingerprint density at radius 3 is 1.91 bits per heavy atom. The summed E-state index contributed by atoms with van der Waals surface area (Å²) in [5.41, 5.74) is -1.98. The minimum absolute atomic E-state index is 0.0245. The number of hydrogen-bond acceptors (Lipinski definition) is 6. The van der Waals surface area contributed by atoms with Gasteiger partial charge in [0, 0.05) is 12.0 Å². The Balaban J connectivity index is 1.69. The van der Waals surface area contributed by atoms with E-state index in [0.29, 0.717) is 30.5 Å². The van der Waals surface area contributed by atoms with Crippen LogP contribution in [0, 0.1) is 11.3 Å². The summed E-state index contributed by atoms with van der Waals surface area (Å²) in [4.78, 5) is 57.1. The number of rotatable bonds is 11. The van der Waals surface area contributed by atoms with Gasteiger partial charge in [-0.25, -0.2) is 0 Å². The number of aliphatic hydroxyl groups is 1. The summed E-state index contributed by atoms with van der Waals surface area (Å²) in [5, 5.41) is 21.2. The van der Waals surface area contributed by atoms with E-state index >= 15 is 0 Å². The molecular formula is C36H50N4O5. The molecule has 4 N–H and O–H groups in total. The fraction of sp³-hybridized carbons (Fsp3) is 0.556. The second kappa shape index (κ2) is 14.7. The maximum absolute atomic E-state index is 14.2. The SMILES string of the molecule is CN[C@@H](C)C(=O)N[C@H](C(=O)N1CCC[C@H]1C(=O)N[C@@](O)(C(=O)C(C)(C)C)C(c1ccccc1)c1ccccc1)C1CCCCC1. The summed E-state index contributed by atoms with van der Waals surface area (Å²) in [6.07, 6.45) is 5.69. The first-order valence-electron chi connectivity index (χ1n) is 16.4. The largest absolute Gasteiger partial charge is 0.364 e. The van der Waals surface area contributed by atoms with E-state index in [9.17, 15) is 24.3 Å². The van der Waals surface area contributed by atoms with Gasteiger partial charge in [-0.3, -0.25) is 19.2 Å². The Hall–Kier alpha value is -3.56. The highest BCUT2D eigenvalue weighted by atomic mass is 16.3. The van der Waals surface area contributed by atoms with Crippen molar-refractivity contribution < 1.29 is 24.3 Å². The predicted molar refractivity (Wildman–Crippen MR) is 174 cm³/mol. The molecule has 1 aliphatic carbocycles. The van der Waals surface area contributed by atoms with Gasteiger partial charge in [-0.05, 0) is 56.7 Å². The van der Waals surface area contributed by atoms with Gasteiger partial charge in [0.25, 0.3) is 0 Å². The van der Waals surface area contributed by atoms with Crippen LogP contribution in [0.5, 0.6) is 0 Å².